The monoisotopic (exact) mass is 471 g/mol. The maximum absolute atomic E-state index is 13.9. The molecule has 1 spiro atoms. The molecule has 0 radical (unpaired) electrons. The highest BCUT2D eigenvalue weighted by Crippen LogP contribution is 2.57. The lowest BCUT2D eigenvalue weighted by Crippen LogP contribution is -2.51. The van der Waals surface area contributed by atoms with Crippen molar-refractivity contribution in [3.63, 3.8) is 0 Å². The molecule has 3 aromatic rings. The molecule has 34 heavy (non-hydrogen) atoms. The molecule has 6 rings (SSSR count). The van der Waals surface area contributed by atoms with Crippen molar-refractivity contribution in [1.29, 1.82) is 0 Å². The summed E-state index contributed by atoms with van der Waals surface area (Å²) in [6.45, 7) is 1.82. The highest BCUT2D eigenvalue weighted by Gasteiger charge is 2.74. The second-order valence-electron chi connectivity index (χ2n) is 8.84. The van der Waals surface area contributed by atoms with Crippen LogP contribution >= 0.6 is 11.6 Å². The number of amides is 2. The Hall–Kier alpha value is -3.61. The SMILES string of the molecule is Cc1ccc(N2C(=O)[C@H]3[C@@H](C2=O)C2(O[C@H]3c3ccccc3)C(=O)c3ccccc3C2=O)cc1Cl. The number of ether oxygens (including phenoxy) is 1. The third-order valence-corrected chi connectivity index (χ3v) is 7.47. The summed E-state index contributed by atoms with van der Waals surface area (Å²) < 4.78 is 6.24. The minimum absolute atomic E-state index is 0.206. The Balaban J connectivity index is 1.55. The number of nitrogens with zero attached hydrogens (tertiary/aromatic N) is 1. The molecule has 0 aromatic heterocycles. The van der Waals surface area contributed by atoms with E-state index in [2.05, 4.69) is 0 Å². The summed E-state index contributed by atoms with van der Waals surface area (Å²) in [7, 11) is 0. The molecular weight excluding hydrogens is 454 g/mol. The fourth-order valence-corrected chi connectivity index (χ4v) is 5.61. The van der Waals surface area contributed by atoms with Gasteiger partial charge in [-0.3, -0.25) is 19.2 Å². The number of hydrogen-bond donors (Lipinski definition) is 0. The lowest BCUT2D eigenvalue weighted by molar-refractivity contribution is -0.127. The fourth-order valence-electron chi connectivity index (χ4n) is 5.44. The largest absolute Gasteiger partial charge is 0.349 e. The van der Waals surface area contributed by atoms with Gasteiger partial charge in [0, 0.05) is 16.1 Å². The molecule has 168 valence electrons. The number of imide groups is 1. The van der Waals surface area contributed by atoms with Crippen LogP contribution in [-0.4, -0.2) is 29.0 Å². The molecule has 2 fully saturated rings. The first-order chi connectivity index (χ1) is 16.4. The number of aryl methyl sites for hydroxylation is 1. The third-order valence-electron chi connectivity index (χ3n) is 7.06. The molecule has 2 heterocycles. The molecule has 7 heteroatoms. The van der Waals surface area contributed by atoms with Crippen LogP contribution in [0.2, 0.25) is 5.02 Å². The van der Waals surface area contributed by atoms with Crippen molar-refractivity contribution in [2.24, 2.45) is 11.8 Å². The van der Waals surface area contributed by atoms with E-state index >= 15 is 0 Å². The Morgan fingerprint density at radius 3 is 2.06 bits per heavy atom. The minimum Gasteiger partial charge on any atom is -0.349 e. The van der Waals surface area contributed by atoms with Gasteiger partial charge in [-0.15, -0.1) is 0 Å². The summed E-state index contributed by atoms with van der Waals surface area (Å²) >= 11 is 6.28. The number of fused-ring (bicyclic) bond motifs is 3. The predicted octanol–water partition coefficient (Wildman–Crippen LogP) is 4.34. The molecule has 2 amide bonds. The molecule has 3 atom stereocenters. The van der Waals surface area contributed by atoms with E-state index in [0.29, 0.717) is 16.3 Å². The summed E-state index contributed by atoms with van der Waals surface area (Å²) in [4.78, 5) is 56.1. The van der Waals surface area contributed by atoms with Gasteiger partial charge in [-0.05, 0) is 30.2 Å². The number of carbonyl (C=O) groups excluding carboxylic acids is 4. The Kier molecular flexibility index (Phi) is 4.43. The average Bonchev–Trinajstić information content (AvgIpc) is 3.42. The van der Waals surface area contributed by atoms with Crippen molar-refractivity contribution < 1.29 is 23.9 Å². The van der Waals surface area contributed by atoms with Crippen molar-refractivity contribution in [3.05, 3.63) is 100 Å². The van der Waals surface area contributed by atoms with Crippen LogP contribution in [0.15, 0.2) is 72.8 Å². The molecule has 0 N–H and O–H groups in total. The van der Waals surface area contributed by atoms with Gasteiger partial charge in [-0.2, -0.15) is 0 Å². The van der Waals surface area contributed by atoms with Gasteiger partial charge < -0.3 is 4.74 Å². The zero-order chi connectivity index (χ0) is 23.8. The number of hydrogen-bond acceptors (Lipinski definition) is 5. The summed E-state index contributed by atoms with van der Waals surface area (Å²) in [5.41, 5.74) is 0.0517. The van der Waals surface area contributed by atoms with Gasteiger partial charge in [0.25, 0.3) is 0 Å². The van der Waals surface area contributed by atoms with E-state index in [-0.39, 0.29) is 11.1 Å². The van der Waals surface area contributed by atoms with Crippen LogP contribution in [-0.2, 0) is 14.3 Å². The predicted molar refractivity (Wildman–Crippen MR) is 124 cm³/mol. The van der Waals surface area contributed by atoms with Gasteiger partial charge in [0.1, 0.15) is 0 Å². The molecule has 1 aliphatic carbocycles. The van der Waals surface area contributed by atoms with E-state index in [1.54, 1.807) is 66.7 Å². The summed E-state index contributed by atoms with van der Waals surface area (Å²) in [5.74, 6) is -4.62. The Labute approximate surface area is 200 Å². The fraction of sp³-hybridized carbons (Fsp3) is 0.185. The summed E-state index contributed by atoms with van der Waals surface area (Å²) in [6, 6.07) is 20.2. The van der Waals surface area contributed by atoms with E-state index in [4.69, 9.17) is 16.3 Å². The number of halogens is 1. The van der Waals surface area contributed by atoms with Gasteiger partial charge in [-0.25, -0.2) is 4.90 Å². The topological polar surface area (TPSA) is 80.8 Å². The van der Waals surface area contributed by atoms with Crippen LogP contribution in [0, 0.1) is 18.8 Å². The van der Waals surface area contributed by atoms with Gasteiger partial charge in [0.2, 0.25) is 29.0 Å². The van der Waals surface area contributed by atoms with E-state index in [1.807, 2.05) is 13.0 Å². The molecule has 0 saturated carbocycles. The van der Waals surface area contributed by atoms with Gasteiger partial charge in [0.15, 0.2) is 0 Å². The average molecular weight is 472 g/mol. The number of carbonyl (C=O) groups is 4. The Morgan fingerprint density at radius 1 is 0.824 bits per heavy atom. The van der Waals surface area contributed by atoms with Crippen molar-refractivity contribution in [1.82, 2.24) is 0 Å². The zero-order valence-electron chi connectivity index (χ0n) is 18.0. The summed E-state index contributed by atoms with van der Waals surface area (Å²) in [6.07, 6.45) is -0.934. The molecular formula is C27H18ClNO5. The second kappa shape index (κ2) is 7.19. The molecule has 3 aromatic carbocycles. The lowest BCUT2D eigenvalue weighted by atomic mass is 9.77. The Morgan fingerprint density at radius 2 is 1.44 bits per heavy atom. The maximum Gasteiger partial charge on any atom is 0.241 e. The minimum atomic E-state index is -2.08. The molecule has 2 aliphatic heterocycles. The van der Waals surface area contributed by atoms with Crippen LogP contribution in [0.25, 0.3) is 0 Å². The quantitative estimate of drug-likeness (QED) is 0.410. The third kappa shape index (κ3) is 2.55. The number of Topliss-reactive ketones (excluding diaryl/α,β-unsaturated/α-hetero) is 2. The maximum atomic E-state index is 13.9. The summed E-state index contributed by atoms with van der Waals surface area (Å²) in [5, 5.41) is 0.404. The van der Waals surface area contributed by atoms with Crippen LogP contribution < -0.4 is 4.90 Å². The lowest BCUT2D eigenvalue weighted by Gasteiger charge is -2.27. The van der Waals surface area contributed by atoms with Crippen molar-refractivity contribution in [3.8, 4) is 0 Å². The first kappa shape index (κ1) is 21.0. The van der Waals surface area contributed by atoms with Crippen molar-refractivity contribution >= 4 is 40.7 Å². The Bertz CT molecular complexity index is 1380. The zero-order valence-corrected chi connectivity index (χ0v) is 18.8. The highest BCUT2D eigenvalue weighted by molar-refractivity contribution is 6.37. The van der Waals surface area contributed by atoms with E-state index in [0.717, 1.165) is 10.5 Å². The molecule has 6 nitrogen and oxygen atoms in total. The number of benzene rings is 3. The molecule has 0 unspecified atom stereocenters. The normalized spacial score (nSPS) is 24.8. The molecule has 2 saturated heterocycles. The number of ketones is 2. The molecule has 3 aliphatic rings. The van der Waals surface area contributed by atoms with Gasteiger partial charge >= 0.3 is 0 Å². The van der Waals surface area contributed by atoms with Crippen molar-refractivity contribution in [2.75, 3.05) is 4.90 Å². The van der Waals surface area contributed by atoms with Crippen LogP contribution in [0.4, 0.5) is 5.69 Å². The smallest absolute Gasteiger partial charge is 0.241 e. The first-order valence-electron chi connectivity index (χ1n) is 10.9. The second-order valence-corrected chi connectivity index (χ2v) is 9.24. The first-order valence-corrected chi connectivity index (χ1v) is 11.3. The van der Waals surface area contributed by atoms with Crippen LogP contribution in [0.3, 0.4) is 0 Å². The number of rotatable bonds is 2. The van der Waals surface area contributed by atoms with E-state index in [1.165, 1.54) is 0 Å². The van der Waals surface area contributed by atoms with Crippen molar-refractivity contribution in [2.45, 2.75) is 18.6 Å². The van der Waals surface area contributed by atoms with E-state index < -0.39 is 46.9 Å². The number of anilines is 1. The van der Waals surface area contributed by atoms with Gasteiger partial charge in [0.05, 0.1) is 23.6 Å². The van der Waals surface area contributed by atoms with Crippen LogP contribution in [0.1, 0.15) is 37.9 Å². The highest BCUT2D eigenvalue weighted by atomic mass is 35.5. The molecule has 0 bridgehead atoms. The van der Waals surface area contributed by atoms with Gasteiger partial charge in [-0.1, -0.05) is 72.3 Å². The van der Waals surface area contributed by atoms with Crippen LogP contribution in [0.5, 0.6) is 0 Å². The van der Waals surface area contributed by atoms with E-state index in [9.17, 15) is 19.2 Å². The standard InChI is InChI=1S/C27H18ClNO5/c1-14-11-12-16(13-19(14)28)29-25(32)20-21(26(29)33)27(34-22(20)15-7-3-2-4-8-15)23(30)17-9-5-6-10-18(17)24(27)31/h2-13,20-22H,1H3/t20-,21-,22-/m0/s1.